The van der Waals surface area contributed by atoms with Gasteiger partial charge in [-0.3, -0.25) is 4.79 Å². The number of carboxylic acids is 1. The first-order valence-electron chi connectivity index (χ1n) is 5.49. The van der Waals surface area contributed by atoms with E-state index in [1.54, 1.807) is 0 Å². The smallest absolute Gasteiger partial charge is 0.307 e. The number of rotatable bonds is 5. The summed E-state index contributed by atoms with van der Waals surface area (Å²) in [7, 11) is -0.978. The van der Waals surface area contributed by atoms with Gasteiger partial charge < -0.3 is 5.11 Å². The summed E-state index contributed by atoms with van der Waals surface area (Å²) in [6, 6.07) is 6.10. The molecule has 0 aliphatic carbocycles. The largest absolute Gasteiger partial charge is 0.481 e. The van der Waals surface area contributed by atoms with Gasteiger partial charge in [0, 0.05) is 0 Å². The summed E-state index contributed by atoms with van der Waals surface area (Å²) in [5.74, 6) is -0.757. The van der Waals surface area contributed by atoms with Crippen molar-refractivity contribution in [3.63, 3.8) is 0 Å². The van der Waals surface area contributed by atoms with Gasteiger partial charge in [-0.15, -0.1) is 6.58 Å². The van der Waals surface area contributed by atoms with Gasteiger partial charge in [0.2, 0.25) is 0 Å². The molecule has 0 aliphatic rings. The Morgan fingerprint density at radius 1 is 1.50 bits per heavy atom. The SMILES string of the molecule is C=CCc1ccc(CC(=O)O)c([SiH](C)C)c1. The molecule has 3 heteroatoms. The van der Waals surface area contributed by atoms with Crippen LogP contribution in [0, 0.1) is 0 Å². The molecule has 0 bridgehead atoms. The van der Waals surface area contributed by atoms with Crippen molar-refractivity contribution in [1.82, 2.24) is 0 Å². The summed E-state index contributed by atoms with van der Waals surface area (Å²) in [6.07, 6.45) is 2.86. The van der Waals surface area contributed by atoms with Crippen molar-refractivity contribution in [2.24, 2.45) is 0 Å². The molecule has 0 amide bonds. The average Bonchev–Trinajstić information content (AvgIpc) is 2.19. The zero-order chi connectivity index (χ0) is 12.1. The van der Waals surface area contributed by atoms with Gasteiger partial charge in [0.15, 0.2) is 0 Å². The molecular formula is C13H18O2Si. The third kappa shape index (κ3) is 3.34. The second-order valence-electron chi connectivity index (χ2n) is 4.25. The molecule has 2 nitrogen and oxygen atoms in total. The molecule has 1 aromatic carbocycles. The molecule has 0 heterocycles. The minimum atomic E-state index is -0.978. The van der Waals surface area contributed by atoms with Gasteiger partial charge >= 0.3 is 5.97 Å². The lowest BCUT2D eigenvalue weighted by molar-refractivity contribution is -0.136. The van der Waals surface area contributed by atoms with Crippen molar-refractivity contribution in [2.75, 3.05) is 0 Å². The zero-order valence-corrected chi connectivity index (χ0v) is 11.0. The van der Waals surface area contributed by atoms with Crippen LogP contribution in [0.2, 0.25) is 13.1 Å². The minimum absolute atomic E-state index is 0.134. The normalized spacial score (nSPS) is 10.4. The lowest BCUT2D eigenvalue weighted by atomic mass is 10.1. The van der Waals surface area contributed by atoms with Crippen molar-refractivity contribution < 1.29 is 9.90 Å². The van der Waals surface area contributed by atoms with Crippen LogP contribution in [0.4, 0.5) is 0 Å². The first-order valence-corrected chi connectivity index (χ1v) is 8.37. The van der Waals surface area contributed by atoms with Gasteiger partial charge in [-0.25, -0.2) is 0 Å². The molecule has 0 aromatic heterocycles. The Morgan fingerprint density at radius 2 is 2.19 bits per heavy atom. The van der Waals surface area contributed by atoms with Crippen LogP contribution in [0.15, 0.2) is 30.9 Å². The highest BCUT2D eigenvalue weighted by molar-refractivity contribution is 6.71. The standard InChI is InChI=1S/C13H18O2Si/c1-4-5-10-6-7-11(9-13(14)15)12(8-10)16(2)3/h4,6-8,16H,1,5,9H2,2-3H3,(H,14,15). The summed E-state index contributed by atoms with van der Waals surface area (Å²) < 4.78 is 0. The molecule has 0 spiro atoms. The molecule has 1 N–H and O–H groups in total. The Balaban J connectivity index is 3.08. The van der Waals surface area contributed by atoms with Crippen LogP contribution in [0.25, 0.3) is 0 Å². The van der Waals surface area contributed by atoms with Gasteiger partial charge in [-0.05, 0) is 17.5 Å². The van der Waals surface area contributed by atoms with Gasteiger partial charge in [0.25, 0.3) is 0 Å². The quantitative estimate of drug-likeness (QED) is 0.622. The van der Waals surface area contributed by atoms with Crippen molar-refractivity contribution in [3.05, 3.63) is 42.0 Å². The topological polar surface area (TPSA) is 37.3 Å². The maximum atomic E-state index is 10.8. The maximum Gasteiger partial charge on any atom is 0.307 e. The lowest BCUT2D eigenvalue weighted by Gasteiger charge is -2.12. The molecule has 86 valence electrons. The predicted molar refractivity (Wildman–Crippen MR) is 70.2 cm³/mol. The Bertz CT molecular complexity index is 397. The molecule has 1 aromatic rings. The van der Waals surface area contributed by atoms with Crippen molar-refractivity contribution in [1.29, 1.82) is 0 Å². The number of hydrogen-bond donors (Lipinski definition) is 1. The number of carbonyl (C=O) groups is 1. The van der Waals surface area contributed by atoms with E-state index in [0.717, 1.165) is 12.0 Å². The van der Waals surface area contributed by atoms with E-state index in [9.17, 15) is 4.79 Å². The highest BCUT2D eigenvalue weighted by Gasteiger charge is 2.11. The Kier molecular flexibility index (Phi) is 4.49. The number of allylic oxidation sites excluding steroid dienone is 1. The first kappa shape index (κ1) is 12.7. The lowest BCUT2D eigenvalue weighted by Crippen LogP contribution is -2.28. The van der Waals surface area contributed by atoms with Crippen LogP contribution in [0.3, 0.4) is 0 Å². The first-order chi connectivity index (χ1) is 7.54. The zero-order valence-electron chi connectivity index (χ0n) is 9.86. The van der Waals surface area contributed by atoms with Crippen molar-refractivity contribution in [2.45, 2.75) is 25.9 Å². The third-order valence-electron chi connectivity index (χ3n) is 2.55. The Labute approximate surface area is 98.2 Å². The van der Waals surface area contributed by atoms with E-state index >= 15 is 0 Å². The monoisotopic (exact) mass is 234 g/mol. The summed E-state index contributed by atoms with van der Waals surface area (Å²) in [5.41, 5.74) is 2.20. The third-order valence-corrected chi connectivity index (χ3v) is 4.34. The van der Waals surface area contributed by atoms with Gasteiger partial charge in [-0.1, -0.05) is 42.6 Å². The van der Waals surface area contributed by atoms with E-state index in [2.05, 4.69) is 25.7 Å². The van der Waals surface area contributed by atoms with E-state index in [1.807, 2.05) is 18.2 Å². The molecule has 16 heavy (non-hydrogen) atoms. The second kappa shape index (κ2) is 5.65. The van der Waals surface area contributed by atoms with Crippen LogP contribution in [-0.2, 0) is 17.6 Å². The molecule has 0 fully saturated rings. The van der Waals surface area contributed by atoms with Gasteiger partial charge in [-0.2, -0.15) is 0 Å². The Hall–Kier alpha value is -1.35. The average molecular weight is 234 g/mol. The van der Waals surface area contributed by atoms with Crippen LogP contribution >= 0.6 is 0 Å². The van der Waals surface area contributed by atoms with E-state index in [1.165, 1.54) is 10.8 Å². The van der Waals surface area contributed by atoms with Crippen LogP contribution < -0.4 is 5.19 Å². The fourth-order valence-electron chi connectivity index (χ4n) is 1.80. The van der Waals surface area contributed by atoms with Crippen molar-refractivity contribution >= 4 is 20.0 Å². The summed E-state index contributed by atoms with van der Waals surface area (Å²) in [5, 5.41) is 10.1. The number of benzene rings is 1. The predicted octanol–water partition coefficient (Wildman–Crippen LogP) is 1.74. The maximum absolute atomic E-state index is 10.8. The molecule has 0 atom stereocenters. The highest BCUT2D eigenvalue weighted by Crippen LogP contribution is 2.06. The van der Waals surface area contributed by atoms with Crippen LogP contribution in [0.5, 0.6) is 0 Å². The molecular weight excluding hydrogens is 216 g/mol. The molecule has 0 aliphatic heterocycles. The van der Waals surface area contributed by atoms with E-state index in [0.29, 0.717) is 0 Å². The minimum Gasteiger partial charge on any atom is -0.481 e. The summed E-state index contributed by atoms with van der Waals surface area (Å²) in [4.78, 5) is 10.8. The van der Waals surface area contributed by atoms with E-state index in [4.69, 9.17) is 5.11 Å². The number of aliphatic carboxylic acids is 1. The number of carboxylic acid groups (broad SMARTS) is 1. The molecule has 0 unspecified atom stereocenters. The fourth-order valence-corrected chi connectivity index (χ4v) is 3.29. The van der Waals surface area contributed by atoms with Gasteiger partial charge in [0.05, 0.1) is 15.2 Å². The summed E-state index contributed by atoms with van der Waals surface area (Å²) in [6.45, 7) is 8.16. The fraction of sp³-hybridized carbons (Fsp3) is 0.308. The Morgan fingerprint density at radius 3 is 2.69 bits per heavy atom. The second-order valence-corrected chi connectivity index (χ2v) is 7.18. The van der Waals surface area contributed by atoms with Crippen LogP contribution in [0.1, 0.15) is 11.1 Å². The van der Waals surface area contributed by atoms with E-state index in [-0.39, 0.29) is 6.42 Å². The summed E-state index contributed by atoms with van der Waals surface area (Å²) >= 11 is 0. The van der Waals surface area contributed by atoms with E-state index < -0.39 is 14.8 Å². The van der Waals surface area contributed by atoms with Gasteiger partial charge in [0.1, 0.15) is 0 Å². The molecule has 0 saturated heterocycles. The molecule has 1 rings (SSSR count). The number of hydrogen-bond acceptors (Lipinski definition) is 1. The highest BCUT2D eigenvalue weighted by atomic mass is 28.3. The molecule has 0 radical (unpaired) electrons. The van der Waals surface area contributed by atoms with Crippen molar-refractivity contribution in [3.8, 4) is 0 Å². The molecule has 0 saturated carbocycles. The van der Waals surface area contributed by atoms with Crippen LogP contribution in [-0.4, -0.2) is 19.9 Å².